The van der Waals surface area contributed by atoms with Gasteiger partial charge in [-0.1, -0.05) is 47.5 Å². The fourth-order valence-corrected chi connectivity index (χ4v) is 2.49. The maximum Gasteiger partial charge on any atom is 0.141 e. The fourth-order valence-electron chi connectivity index (χ4n) is 2.07. The van der Waals surface area contributed by atoms with Crippen molar-refractivity contribution in [2.45, 2.75) is 18.9 Å². The summed E-state index contributed by atoms with van der Waals surface area (Å²) in [4.78, 5) is 0. The van der Waals surface area contributed by atoms with E-state index in [-0.39, 0.29) is 11.1 Å². The van der Waals surface area contributed by atoms with Crippen molar-refractivity contribution in [3.8, 4) is 0 Å². The summed E-state index contributed by atoms with van der Waals surface area (Å²) in [5.74, 6) is 5.17. The average molecular weight is 313 g/mol. The van der Waals surface area contributed by atoms with Gasteiger partial charge in [-0.2, -0.15) is 0 Å². The van der Waals surface area contributed by atoms with Crippen molar-refractivity contribution in [1.82, 2.24) is 5.43 Å². The molecule has 0 bridgehead atoms. The monoisotopic (exact) mass is 312 g/mol. The predicted octanol–water partition coefficient (Wildman–Crippen LogP) is 3.75. The summed E-state index contributed by atoms with van der Waals surface area (Å²) >= 11 is 11.9. The number of hydrogen-bond acceptors (Lipinski definition) is 2. The van der Waals surface area contributed by atoms with Crippen molar-refractivity contribution in [2.24, 2.45) is 5.84 Å². The Morgan fingerprint density at radius 1 is 1.05 bits per heavy atom. The summed E-state index contributed by atoms with van der Waals surface area (Å²) < 4.78 is 13.1. The molecule has 1 unspecified atom stereocenters. The third-order valence-corrected chi connectivity index (χ3v) is 3.78. The standard InChI is InChI=1S/C15H15Cl2FN2/c16-13-4-2-1-3-11(13)9-12(20-19)7-10-5-6-15(18)14(17)8-10/h1-6,8,12,20H,7,9,19H2. The van der Waals surface area contributed by atoms with Crippen LogP contribution in [-0.2, 0) is 12.8 Å². The zero-order chi connectivity index (χ0) is 14.5. The zero-order valence-corrected chi connectivity index (χ0v) is 12.3. The lowest BCUT2D eigenvalue weighted by molar-refractivity contribution is 0.522. The Kier molecular flexibility index (Phi) is 5.38. The second-order valence-electron chi connectivity index (χ2n) is 4.61. The quantitative estimate of drug-likeness (QED) is 0.652. The highest BCUT2D eigenvalue weighted by Crippen LogP contribution is 2.20. The molecular weight excluding hydrogens is 298 g/mol. The van der Waals surface area contributed by atoms with Gasteiger partial charge in [0.05, 0.1) is 5.02 Å². The first kappa shape index (κ1) is 15.3. The highest BCUT2D eigenvalue weighted by Gasteiger charge is 2.12. The summed E-state index contributed by atoms with van der Waals surface area (Å²) in [5.41, 5.74) is 4.71. The normalized spacial score (nSPS) is 12.4. The molecule has 0 aromatic heterocycles. The molecule has 0 amide bonds. The molecule has 5 heteroatoms. The van der Waals surface area contributed by atoms with Gasteiger partial charge in [0, 0.05) is 11.1 Å². The molecule has 0 radical (unpaired) electrons. The Labute approximate surface area is 127 Å². The van der Waals surface area contributed by atoms with Crippen LogP contribution in [0, 0.1) is 5.82 Å². The van der Waals surface area contributed by atoms with Crippen molar-refractivity contribution in [2.75, 3.05) is 0 Å². The number of halogens is 3. The second-order valence-corrected chi connectivity index (χ2v) is 5.43. The van der Waals surface area contributed by atoms with Crippen molar-refractivity contribution in [1.29, 1.82) is 0 Å². The number of hydrazine groups is 1. The predicted molar refractivity (Wildman–Crippen MR) is 81.4 cm³/mol. The molecule has 2 aromatic carbocycles. The van der Waals surface area contributed by atoms with Crippen LogP contribution in [0.5, 0.6) is 0 Å². The molecule has 2 nitrogen and oxygen atoms in total. The van der Waals surface area contributed by atoms with Crippen LogP contribution in [0.4, 0.5) is 4.39 Å². The third-order valence-electron chi connectivity index (χ3n) is 3.13. The lowest BCUT2D eigenvalue weighted by Gasteiger charge is -2.17. The second kappa shape index (κ2) is 7.04. The number of nitrogens with two attached hydrogens (primary N) is 1. The van der Waals surface area contributed by atoms with E-state index in [1.54, 1.807) is 12.1 Å². The van der Waals surface area contributed by atoms with Crippen molar-refractivity contribution < 1.29 is 4.39 Å². The molecule has 3 N–H and O–H groups in total. The molecule has 106 valence electrons. The fraction of sp³-hybridized carbons (Fsp3) is 0.200. The Morgan fingerprint density at radius 3 is 2.45 bits per heavy atom. The first-order chi connectivity index (χ1) is 9.60. The van der Waals surface area contributed by atoms with E-state index in [1.165, 1.54) is 6.07 Å². The van der Waals surface area contributed by atoms with Gasteiger partial charge in [0.15, 0.2) is 0 Å². The molecule has 1 atom stereocenters. The molecular formula is C15H15Cl2FN2. The topological polar surface area (TPSA) is 38.0 Å². The molecule has 0 saturated heterocycles. The lowest BCUT2D eigenvalue weighted by Crippen LogP contribution is -2.38. The highest BCUT2D eigenvalue weighted by atomic mass is 35.5. The van der Waals surface area contributed by atoms with E-state index >= 15 is 0 Å². The minimum atomic E-state index is -0.418. The third kappa shape index (κ3) is 3.93. The molecule has 0 saturated carbocycles. The molecule has 0 aliphatic carbocycles. The van der Waals surface area contributed by atoms with Crippen LogP contribution < -0.4 is 11.3 Å². The summed E-state index contributed by atoms with van der Waals surface area (Å²) in [5, 5.41) is 0.834. The van der Waals surface area contributed by atoms with Crippen LogP contribution in [0.1, 0.15) is 11.1 Å². The summed E-state index contributed by atoms with van der Waals surface area (Å²) in [7, 11) is 0. The van der Waals surface area contributed by atoms with E-state index in [9.17, 15) is 4.39 Å². The maximum atomic E-state index is 13.1. The van der Waals surface area contributed by atoms with Crippen LogP contribution in [0.15, 0.2) is 42.5 Å². The first-order valence-corrected chi connectivity index (χ1v) is 6.99. The van der Waals surface area contributed by atoms with Crippen LogP contribution in [0.3, 0.4) is 0 Å². The van der Waals surface area contributed by atoms with Crippen LogP contribution >= 0.6 is 23.2 Å². The maximum absolute atomic E-state index is 13.1. The lowest BCUT2D eigenvalue weighted by atomic mass is 9.99. The van der Waals surface area contributed by atoms with Gasteiger partial charge < -0.3 is 0 Å². The molecule has 0 aliphatic heterocycles. The van der Waals surface area contributed by atoms with Crippen molar-refractivity contribution in [3.05, 3.63) is 69.5 Å². The van der Waals surface area contributed by atoms with E-state index in [0.717, 1.165) is 11.1 Å². The average Bonchev–Trinajstić information content (AvgIpc) is 2.44. The number of hydrogen-bond donors (Lipinski definition) is 2. The minimum Gasteiger partial charge on any atom is -0.271 e. The Hall–Kier alpha value is -1.13. The number of rotatable bonds is 5. The van der Waals surface area contributed by atoms with Crippen LogP contribution in [0.25, 0.3) is 0 Å². The summed E-state index contributed by atoms with van der Waals surface area (Å²) in [6.07, 6.45) is 1.33. The largest absolute Gasteiger partial charge is 0.271 e. The molecule has 0 heterocycles. The van der Waals surface area contributed by atoms with E-state index in [0.29, 0.717) is 17.9 Å². The van der Waals surface area contributed by atoms with E-state index in [1.807, 2.05) is 24.3 Å². The smallest absolute Gasteiger partial charge is 0.141 e. The first-order valence-electron chi connectivity index (χ1n) is 6.23. The van der Waals surface area contributed by atoms with Crippen LogP contribution in [0.2, 0.25) is 10.0 Å². The van der Waals surface area contributed by atoms with Gasteiger partial charge in [0.1, 0.15) is 5.82 Å². The molecule has 0 fully saturated rings. The van der Waals surface area contributed by atoms with E-state index in [4.69, 9.17) is 29.0 Å². The Bertz CT molecular complexity index is 590. The molecule has 2 aromatic rings. The van der Waals surface area contributed by atoms with E-state index < -0.39 is 5.82 Å². The molecule has 0 aliphatic rings. The van der Waals surface area contributed by atoms with Crippen molar-refractivity contribution >= 4 is 23.2 Å². The van der Waals surface area contributed by atoms with Gasteiger partial charge in [-0.3, -0.25) is 11.3 Å². The van der Waals surface area contributed by atoms with Crippen molar-refractivity contribution in [3.63, 3.8) is 0 Å². The highest BCUT2D eigenvalue weighted by molar-refractivity contribution is 6.31. The van der Waals surface area contributed by atoms with Gasteiger partial charge in [0.2, 0.25) is 0 Å². The number of benzene rings is 2. The van der Waals surface area contributed by atoms with Crippen LogP contribution in [-0.4, -0.2) is 6.04 Å². The summed E-state index contributed by atoms with van der Waals surface area (Å²) in [6, 6.07) is 12.3. The van der Waals surface area contributed by atoms with Gasteiger partial charge in [0.25, 0.3) is 0 Å². The SMILES string of the molecule is NNC(Cc1ccc(F)c(Cl)c1)Cc1ccccc1Cl. The Morgan fingerprint density at radius 2 is 1.80 bits per heavy atom. The Balaban J connectivity index is 2.09. The van der Waals surface area contributed by atoms with Gasteiger partial charge in [-0.05, 0) is 42.2 Å². The minimum absolute atomic E-state index is 0.00331. The number of nitrogens with one attached hydrogen (secondary N) is 1. The molecule has 0 spiro atoms. The molecule has 20 heavy (non-hydrogen) atoms. The summed E-state index contributed by atoms with van der Waals surface area (Å²) in [6.45, 7) is 0. The van der Waals surface area contributed by atoms with E-state index in [2.05, 4.69) is 5.43 Å². The zero-order valence-electron chi connectivity index (χ0n) is 10.7. The van der Waals surface area contributed by atoms with Gasteiger partial charge >= 0.3 is 0 Å². The van der Waals surface area contributed by atoms with Gasteiger partial charge in [-0.25, -0.2) is 4.39 Å². The molecule has 2 rings (SSSR count). The van der Waals surface area contributed by atoms with Gasteiger partial charge in [-0.15, -0.1) is 0 Å².